The Balaban J connectivity index is 2.60. The molecule has 2 unspecified atom stereocenters. The lowest BCUT2D eigenvalue weighted by atomic mass is 9.94. The van der Waals surface area contributed by atoms with Gasteiger partial charge in [-0.05, 0) is 38.9 Å². The summed E-state index contributed by atoms with van der Waals surface area (Å²) >= 11 is 0. The predicted molar refractivity (Wildman–Crippen MR) is 86.5 cm³/mol. The van der Waals surface area contributed by atoms with Gasteiger partial charge in [-0.3, -0.25) is 4.79 Å². The van der Waals surface area contributed by atoms with Crippen molar-refractivity contribution in [2.24, 2.45) is 0 Å². The second kappa shape index (κ2) is 9.53. The van der Waals surface area contributed by atoms with E-state index in [9.17, 15) is 4.79 Å². The van der Waals surface area contributed by atoms with Gasteiger partial charge in [-0.25, -0.2) is 0 Å². The summed E-state index contributed by atoms with van der Waals surface area (Å²) in [4.78, 5) is 14.2. The summed E-state index contributed by atoms with van der Waals surface area (Å²) < 4.78 is 5.18. The van der Waals surface area contributed by atoms with Crippen LogP contribution in [-0.2, 0) is 9.53 Å². The van der Waals surface area contributed by atoms with Crippen LogP contribution in [0, 0.1) is 0 Å². The molecular weight excluding hydrogens is 264 g/mol. The number of carbonyl (C=O) groups excluding carboxylic acids is 1. The predicted octanol–water partition coefficient (Wildman–Crippen LogP) is 2.26. The number of esters is 1. The minimum Gasteiger partial charge on any atom is -0.465 e. The average Bonchev–Trinajstić information content (AvgIpc) is 2.47. The van der Waals surface area contributed by atoms with Crippen LogP contribution in [0.25, 0.3) is 0 Å². The summed E-state index contributed by atoms with van der Waals surface area (Å²) in [5.41, 5.74) is 1.25. The summed E-state index contributed by atoms with van der Waals surface area (Å²) in [6.45, 7) is 6.09. The highest BCUT2D eigenvalue weighted by molar-refractivity contribution is 5.75. The first kappa shape index (κ1) is 17.7. The Hall–Kier alpha value is -1.39. The molecule has 0 saturated heterocycles. The molecule has 0 bridgehead atoms. The molecule has 1 rings (SSSR count). The van der Waals surface area contributed by atoms with Crippen LogP contribution in [0.1, 0.15) is 31.7 Å². The monoisotopic (exact) mass is 292 g/mol. The lowest BCUT2D eigenvalue weighted by Gasteiger charge is -2.22. The molecule has 0 aliphatic heterocycles. The zero-order valence-electron chi connectivity index (χ0n) is 13.6. The maximum absolute atomic E-state index is 12.1. The van der Waals surface area contributed by atoms with Gasteiger partial charge in [0.25, 0.3) is 0 Å². The van der Waals surface area contributed by atoms with E-state index in [0.717, 1.165) is 19.5 Å². The molecule has 4 heteroatoms. The number of ether oxygens (including phenoxy) is 1. The molecule has 21 heavy (non-hydrogen) atoms. The number of hydrogen-bond donors (Lipinski definition) is 1. The molecule has 118 valence electrons. The Labute approximate surface area is 128 Å². The van der Waals surface area contributed by atoms with Crippen molar-refractivity contribution < 1.29 is 9.53 Å². The van der Waals surface area contributed by atoms with Crippen molar-refractivity contribution in [1.29, 1.82) is 0 Å². The molecule has 0 aromatic heterocycles. The van der Waals surface area contributed by atoms with Gasteiger partial charge in [-0.2, -0.15) is 0 Å². The third-order valence-electron chi connectivity index (χ3n) is 3.48. The van der Waals surface area contributed by atoms with Crippen molar-refractivity contribution in [3.63, 3.8) is 0 Å². The van der Waals surface area contributed by atoms with Crippen molar-refractivity contribution in [1.82, 2.24) is 10.2 Å². The van der Waals surface area contributed by atoms with Crippen molar-refractivity contribution >= 4 is 5.97 Å². The van der Waals surface area contributed by atoms with Crippen LogP contribution in [-0.4, -0.2) is 50.7 Å². The lowest BCUT2D eigenvalue weighted by Crippen LogP contribution is -2.42. The highest BCUT2D eigenvalue weighted by Gasteiger charge is 2.22. The molecule has 2 atom stereocenters. The topological polar surface area (TPSA) is 41.6 Å². The zero-order chi connectivity index (χ0) is 15.7. The second-order valence-electron chi connectivity index (χ2n) is 5.61. The van der Waals surface area contributed by atoms with E-state index in [0.29, 0.717) is 12.5 Å². The van der Waals surface area contributed by atoms with Gasteiger partial charge in [0, 0.05) is 13.1 Å². The second-order valence-corrected chi connectivity index (χ2v) is 5.61. The highest BCUT2D eigenvalue weighted by Crippen LogP contribution is 2.20. The minimum atomic E-state index is -0.250. The molecule has 1 aromatic carbocycles. The van der Waals surface area contributed by atoms with E-state index in [1.807, 2.05) is 39.2 Å². The van der Waals surface area contributed by atoms with E-state index in [1.54, 1.807) is 0 Å². The Morgan fingerprint density at radius 1 is 1.29 bits per heavy atom. The van der Waals surface area contributed by atoms with E-state index in [-0.39, 0.29) is 12.0 Å². The fraction of sp³-hybridized carbons (Fsp3) is 0.588. The maximum Gasteiger partial charge on any atom is 0.323 e. The van der Waals surface area contributed by atoms with E-state index >= 15 is 0 Å². The maximum atomic E-state index is 12.1. The van der Waals surface area contributed by atoms with Crippen molar-refractivity contribution in [3.05, 3.63) is 35.9 Å². The molecule has 0 aliphatic carbocycles. The SMILES string of the molecule is CCOC(=O)C(CC(C)c1ccccc1)NCCN(C)C. The fourth-order valence-electron chi connectivity index (χ4n) is 2.24. The van der Waals surface area contributed by atoms with Crippen LogP contribution < -0.4 is 5.32 Å². The molecule has 4 nitrogen and oxygen atoms in total. The third-order valence-corrected chi connectivity index (χ3v) is 3.48. The molecule has 1 aromatic rings. The summed E-state index contributed by atoms with van der Waals surface area (Å²) in [7, 11) is 4.04. The molecule has 0 amide bonds. The van der Waals surface area contributed by atoms with Gasteiger partial charge in [-0.1, -0.05) is 37.3 Å². The van der Waals surface area contributed by atoms with Crippen LogP contribution in [0.4, 0.5) is 0 Å². The van der Waals surface area contributed by atoms with Crippen molar-refractivity contribution in [3.8, 4) is 0 Å². The van der Waals surface area contributed by atoms with Gasteiger partial charge in [-0.15, -0.1) is 0 Å². The minimum absolute atomic E-state index is 0.154. The van der Waals surface area contributed by atoms with Gasteiger partial charge in [0.15, 0.2) is 0 Å². The Kier molecular flexibility index (Phi) is 8.01. The number of nitrogens with one attached hydrogen (secondary N) is 1. The third kappa shape index (κ3) is 6.74. The summed E-state index contributed by atoms with van der Waals surface area (Å²) in [5, 5.41) is 3.32. The first-order chi connectivity index (χ1) is 10.0. The standard InChI is InChI=1S/C17H28N2O2/c1-5-21-17(20)16(18-11-12-19(3)4)13-14(2)15-9-7-6-8-10-15/h6-10,14,16,18H,5,11-13H2,1-4H3. The first-order valence-corrected chi connectivity index (χ1v) is 7.64. The van der Waals surface area contributed by atoms with Gasteiger partial charge in [0.2, 0.25) is 0 Å². The summed E-state index contributed by atoms with van der Waals surface area (Å²) in [5.74, 6) is 0.159. The number of hydrogen-bond acceptors (Lipinski definition) is 4. The lowest BCUT2D eigenvalue weighted by molar-refractivity contribution is -0.146. The number of likely N-dealkylation sites (N-methyl/N-ethyl adjacent to an activating group) is 1. The quantitative estimate of drug-likeness (QED) is 0.709. The van der Waals surface area contributed by atoms with E-state index < -0.39 is 0 Å². The first-order valence-electron chi connectivity index (χ1n) is 7.64. The molecule has 0 radical (unpaired) electrons. The smallest absolute Gasteiger partial charge is 0.323 e. The summed E-state index contributed by atoms with van der Waals surface area (Å²) in [6.07, 6.45) is 0.746. The Bertz CT molecular complexity index is 407. The average molecular weight is 292 g/mol. The number of nitrogens with zero attached hydrogens (tertiary/aromatic N) is 1. The molecule has 0 aliphatic rings. The normalized spacial score (nSPS) is 14.0. The number of carbonyl (C=O) groups is 1. The molecular formula is C17H28N2O2. The Morgan fingerprint density at radius 3 is 2.52 bits per heavy atom. The molecule has 0 heterocycles. The fourth-order valence-corrected chi connectivity index (χ4v) is 2.24. The van der Waals surface area contributed by atoms with Crippen LogP contribution in [0.3, 0.4) is 0 Å². The van der Waals surface area contributed by atoms with Crippen LogP contribution >= 0.6 is 0 Å². The van der Waals surface area contributed by atoms with Crippen molar-refractivity contribution in [2.45, 2.75) is 32.2 Å². The molecule has 1 N–H and O–H groups in total. The molecule has 0 spiro atoms. The molecule has 0 fully saturated rings. The van der Waals surface area contributed by atoms with E-state index in [2.05, 4.69) is 29.3 Å². The largest absolute Gasteiger partial charge is 0.465 e. The van der Waals surface area contributed by atoms with Crippen LogP contribution in [0.5, 0.6) is 0 Å². The summed E-state index contributed by atoms with van der Waals surface area (Å²) in [6, 6.07) is 10.0. The van der Waals surface area contributed by atoms with Gasteiger partial charge in [0.1, 0.15) is 6.04 Å². The van der Waals surface area contributed by atoms with Crippen molar-refractivity contribution in [2.75, 3.05) is 33.8 Å². The van der Waals surface area contributed by atoms with E-state index in [1.165, 1.54) is 5.56 Å². The van der Waals surface area contributed by atoms with Gasteiger partial charge < -0.3 is 15.0 Å². The van der Waals surface area contributed by atoms with E-state index in [4.69, 9.17) is 4.74 Å². The molecule has 0 saturated carbocycles. The van der Waals surface area contributed by atoms with Crippen LogP contribution in [0.15, 0.2) is 30.3 Å². The Morgan fingerprint density at radius 2 is 1.95 bits per heavy atom. The van der Waals surface area contributed by atoms with Gasteiger partial charge in [0.05, 0.1) is 6.61 Å². The van der Waals surface area contributed by atoms with Gasteiger partial charge >= 0.3 is 5.97 Å². The number of rotatable bonds is 9. The zero-order valence-corrected chi connectivity index (χ0v) is 13.6. The number of benzene rings is 1. The van der Waals surface area contributed by atoms with Crippen LogP contribution in [0.2, 0.25) is 0 Å². The highest BCUT2D eigenvalue weighted by atomic mass is 16.5.